The predicted molar refractivity (Wildman–Crippen MR) is 74.4 cm³/mol. The van der Waals surface area contributed by atoms with E-state index in [0.29, 0.717) is 16.5 Å². The molecule has 1 aliphatic heterocycles. The summed E-state index contributed by atoms with van der Waals surface area (Å²) in [6, 6.07) is 0.292. The molecule has 2 heterocycles. The van der Waals surface area contributed by atoms with Crippen molar-refractivity contribution in [3.8, 4) is 0 Å². The van der Waals surface area contributed by atoms with Crippen LogP contribution in [0.25, 0.3) is 0 Å². The van der Waals surface area contributed by atoms with Crippen molar-refractivity contribution < 1.29 is 4.79 Å². The first-order valence-corrected chi connectivity index (χ1v) is 7.87. The molecule has 19 heavy (non-hydrogen) atoms. The summed E-state index contributed by atoms with van der Waals surface area (Å²) in [5, 5.41) is 10.8. The Morgan fingerprint density at radius 3 is 3.11 bits per heavy atom. The Balaban J connectivity index is 1.63. The smallest absolute Gasteiger partial charge is 0.265 e. The van der Waals surface area contributed by atoms with Gasteiger partial charge >= 0.3 is 0 Å². The molecule has 1 saturated heterocycles. The third-order valence-electron chi connectivity index (χ3n) is 4.37. The van der Waals surface area contributed by atoms with Gasteiger partial charge in [0.05, 0.1) is 5.69 Å². The van der Waals surface area contributed by atoms with Gasteiger partial charge in [-0.05, 0) is 56.6 Å². The Labute approximate surface area is 117 Å². The van der Waals surface area contributed by atoms with E-state index in [-0.39, 0.29) is 5.91 Å². The Hall–Kier alpha value is -1.01. The highest BCUT2D eigenvalue weighted by Crippen LogP contribution is 2.38. The van der Waals surface area contributed by atoms with Gasteiger partial charge in [0, 0.05) is 11.6 Å². The number of piperidine rings is 1. The van der Waals surface area contributed by atoms with Crippen LogP contribution in [0.1, 0.15) is 54.4 Å². The third-order valence-corrected chi connectivity index (χ3v) is 5.14. The molecule has 1 aliphatic carbocycles. The van der Waals surface area contributed by atoms with Crippen LogP contribution in [0.2, 0.25) is 0 Å². The number of carbonyl (C=O) groups is 1. The lowest BCUT2D eigenvalue weighted by Crippen LogP contribution is -2.59. The molecule has 1 amide bonds. The second-order valence-electron chi connectivity index (χ2n) is 5.63. The van der Waals surface area contributed by atoms with Gasteiger partial charge in [0.25, 0.3) is 5.91 Å². The van der Waals surface area contributed by atoms with Crippen molar-refractivity contribution in [2.24, 2.45) is 0 Å². The van der Waals surface area contributed by atoms with E-state index in [1.165, 1.54) is 30.8 Å². The quantitative estimate of drug-likeness (QED) is 0.880. The number of rotatable bonds is 3. The molecule has 1 aromatic rings. The van der Waals surface area contributed by atoms with Crippen LogP contribution in [-0.2, 0) is 6.42 Å². The second-order valence-corrected chi connectivity index (χ2v) is 6.38. The van der Waals surface area contributed by atoms with Crippen LogP contribution in [0.4, 0.5) is 0 Å². The number of nitrogens with one attached hydrogen (secondary N) is 2. The van der Waals surface area contributed by atoms with Crippen molar-refractivity contribution in [2.45, 2.75) is 57.0 Å². The first kappa shape index (κ1) is 13.0. The molecule has 5 nitrogen and oxygen atoms in total. The van der Waals surface area contributed by atoms with Crippen LogP contribution >= 0.6 is 11.5 Å². The van der Waals surface area contributed by atoms with Gasteiger partial charge in [-0.25, -0.2) is 0 Å². The fourth-order valence-electron chi connectivity index (χ4n) is 3.13. The minimum atomic E-state index is 0.00761. The number of hydrogen-bond acceptors (Lipinski definition) is 5. The zero-order valence-corrected chi connectivity index (χ0v) is 12.1. The Kier molecular flexibility index (Phi) is 3.54. The van der Waals surface area contributed by atoms with E-state index in [1.807, 2.05) is 6.92 Å². The molecule has 1 spiro atoms. The summed E-state index contributed by atoms with van der Waals surface area (Å²) in [5.41, 5.74) is 1.13. The van der Waals surface area contributed by atoms with Crippen LogP contribution in [-0.4, -0.2) is 33.6 Å². The third kappa shape index (κ3) is 2.51. The molecule has 0 radical (unpaired) electrons. The first-order valence-electron chi connectivity index (χ1n) is 7.09. The summed E-state index contributed by atoms with van der Waals surface area (Å²) in [6.45, 7) is 3.01. The van der Waals surface area contributed by atoms with E-state index in [9.17, 15) is 4.79 Å². The maximum Gasteiger partial charge on any atom is 0.265 e. The van der Waals surface area contributed by atoms with Gasteiger partial charge in [0.15, 0.2) is 0 Å². The summed E-state index contributed by atoms with van der Waals surface area (Å²) in [7, 11) is 0. The number of aromatic nitrogens is 2. The first-order chi connectivity index (χ1) is 9.22. The maximum absolute atomic E-state index is 12.3. The van der Waals surface area contributed by atoms with Crippen molar-refractivity contribution in [3.63, 3.8) is 0 Å². The predicted octanol–water partition coefficient (Wildman–Crippen LogP) is 1.50. The van der Waals surface area contributed by atoms with Gasteiger partial charge < -0.3 is 10.6 Å². The molecular formula is C13H20N4OS. The number of amides is 1. The van der Waals surface area contributed by atoms with Gasteiger partial charge in [-0.1, -0.05) is 11.4 Å². The number of carbonyl (C=O) groups excluding carboxylic acids is 1. The molecule has 1 atom stereocenters. The van der Waals surface area contributed by atoms with Crippen molar-refractivity contribution in [2.75, 3.05) is 6.54 Å². The Morgan fingerprint density at radius 2 is 2.42 bits per heavy atom. The molecule has 6 heteroatoms. The van der Waals surface area contributed by atoms with Gasteiger partial charge in [-0.15, -0.1) is 5.10 Å². The highest BCUT2D eigenvalue weighted by atomic mass is 32.1. The van der Waals surface area contributed by atoms with Crippen LogP contribution in [0, 0.1) is 0 Å². The summed E-state index contributed by atoms with van der Waals surface area (Å²) in [5.74, 6) is 0.00761. The lowest BCUT2D eigenvalue weighted by molar-refractivity contribution is 0.0856. The average Bonchev–Trinajstić information content (AvgIpc) is 2.85. The molecule has 3 rings (SSSR count). The summed E-state index contributed by atoms with van der Waals surface area (Å²) in [4.78, 5) is 13.0. The molecule has 2 fully saturated rings. The van der Waals surface area contributed by atoms with Crippen molar-refractivity contribution in [3.05, 3.63) is 10.6 Å². The molecule has 2 N–H and O–H groups in total. The standard InChI is InChI=1S/C13H20N4OS/c1-2-10-11(19-17-16-10)12(18)15-9-4-7-14-13(8-9)5-3-6-13/h9,14H,2-8H2,1H3,(H,15,18). The Morgan fingerprint density at radius 1 is 1.58 bits per heavy atom. The largest absolute Gasteiger partial charge is 0.348 e. The minimum Gasteiger partial charge on any atom is -0.348 e. The van der Waals surface area contributed by atoms with Crippen LogP contribution in [0.5, 0.6) is 0 Å². The fourth-order valence-corrected chi connectivity index (χ4v) is 3.78. The topological polar surface area (TPSA) is 66.9 Å². The molecule has 1 saturated carbocycles. The Bertz CT molecular complexity index is 469. The van der Waals surface area contributed by atoms with Crippen molar-refractivity contribution in [1.29, 1.82) is 0 Å². The lowest BCUT2D eigenvalue weighted by atomic mass is 9.70. The molecule has 0 bridgehead atoms. The van der Waals surface area contributed by atoms with Crippen LogP contribution < -0.4 is 10.6 Å². The van der Waals surface area contributed by atoms with Crippen molar-refractivity contribution >= 4 is 17.4 Å². The number of aryl methyl sites for hydroxylation is 1. The molecule has 104 valence electrons. The SMILES string of the molecule is CCc1nnsc1C(=O)NC1CCNC2(CCC2)C1. The normalized spacial score (nSPS) is 25.0. The van der Waals surface area contributed by atoms with Gasteiger partial charge in [0.1, 0.15) is 4.88 Å². The molecule has 0 aromatic carbocycles. The van der Waals surface area contributed by atoms with E-state index in [4.69, 9.17) is 0 Å². The highest BCUT2D eigenvalue weighted by molar-refractivity contribution is 7.08. The van der Waals surface area contributed by atoms with E-state index in [1.54, 1.807) is 0 Å². The highest BCUT2D eigenvalue weighted by Gasteiger charge is 2.41. The van der Waals surface area contributed by atoms with E-state index < -0.39 is 0 Å². The van der Waals surface area contributed by atoms with Gasteiger partial charge in [-0.3, -0.25) is 4.79 Å². The van der Waals surface area contributed by atoms with Gasteiger partial charge in [-0.2, -0.15) is 0 Å². The maximum atomic E-state index is 12.3. The van der Waals surface area contributed by atoms with E-state index in [0.717, 1.165) is 31.5 Å². The molecule has 2 aliphatic rings. The van der Waals surface area contributed by atoms with Crippen LogP contribution in [0.15, 0.2) is 0 Å². The molecular weight excluding hydrogens is 260 g/mol. The number of hydrogen-bond donors (Lipinski definition) is 2. The summed E-state index contributed by atoms with van der Waals surface area (Å²) < 4.78 is 3.88. The van der Waals surface area contributed by atoms with Gasteiger partial charge in [0.2, 0.25) is 0 Å². The summed E-state index contributed by atoms with van der Waals surface area (Å²) in [6.07, 6.45) is 6.65. The lowest BCUT2D eigenvalue weighted by Gasteiger charge is -2.48. The zero-order valence-electron chi connectivity index (χ0n) is 11.2. The average molecular weight is 280 g/mol. The molecule has 1 aromatic heterocycles. The fraction of sp³-hybridized carbons (Fsp3) is 0.769. The van der Waals surface area contributed by atoms with Crippen LogP contribution in [0.3, 0.4) is 0 Å². The van der Waals surface area contributed by atoms with Crippen molar-refractivity contribution in [1.82, 2.24) is 20.2 Å². The minimum absolute atomic E-state index is 0.00761. The monoisotopic (exact) mass is 280 g/mol. The summed E-state index contributed by atoms with van der Waals surface area (Å²) >= 11 is 1.20. The zero-order chi connectivity index (χ0) is 13.3. The number of nitrogens with zero attached hydrogens (tertiary/aromatic N) is 2. The van der Waals surface area contributed by atoms with E-state index >= 15 is 0 Å². The van der Waals surface area contributed by atoms with E-state index in [2.05, 4.69) is 20.2 Å². The molecule has 1 unspecified atom stereocenters. The second kappa shape index (κ2) is 5.17.